The van der Waals surface area contributed by atoms with Crippen LogP contribution in [0.4, 0.5) is 0 Å². The van der Waals surface area contributed by atoms with Gasteiger partial charge in [0.25, 0.3) is 0 Å². The monoisotopic (exact) mass is 256 g/mol. The maximum atomic E-state index is 3.64. The average molecular weight is 256 g/mol. The highest BCUT2D eigenvalue weighted by molar-refractivity contribution is 7.99. The summed E-state index contributed by atoms with van der Waals surface area (Å²) < 4.78 is 0. The van der Waals surface area contributed by atoms with Crippen LogP contribution in [0.1, 0.15) is 33.1 Å². The highest BCUT2D eigenvalue weighted by Gasteiger charge is 2.23. The first-order valence-corrected chi connectivity index (χ1v) is 8.43. The number of rotatable bonds is 6. The van der Waals surface area contributed by atoms with Crippen molar-refractivity contribution >= 4 is 11.8 Å². The van der Waals surface area contributed by atoms with Gasteiger partial charge in [-0.1, -0.05) is 13.8 Å². The normalized spacial score (nSPS) is 29.6. The Morgan fingerprint density at radius 3 is 2.76 bits per heavy atom. The minimum atomic E-state index is 0.766. The van der Waals surface area contributed by atoms with E-state index < -0.39 is 0 Å². The van der Waals surface area contributed by atoms with Crippen molar-refractivity contribution in [3.05, 3.63) is 0 Å². The average Bonchev–Trinajstić information content (AvgIpc) is 2.89. The van der Waals surface area contributed by atoms with Gasteiger partial charge in [0.2, 0.25) is 0 Å². The molecule has 2 aliphatic heterocycles. The van der Waals surface area contributed by atoms with Crippen LogP contribution in [0, 0.1) is 11.8 Å². The minimum Gasteiger partial charge on any atom is -0.313 e. The highest BCUT2D eigenvalue weighted by Crippen LogP contribution is 2.24. The predicted octanol–water partition coefficient (Wildman–Crippen LogP) is 2.45. The number of hydrogen-bond acceptors (Lipinski definition) is 3. The molecule has 0 spiro atoms. The molecule has 2 fully saturated rings. The fourth-order valence-electron chi connectivity index (χ4n) is 3.06. The van der Waals surface area contributed by atoms with E-state index in [0.717, 1.165) is 17.9 Å². The van der Waals surface area contributed by atoms with Crippen LogP contribution in [-0.4, -0.2) is 48.6 Å². The summed E-state index contributed by atoms with van der Waals surface area (Å²) in [6.45, 7) is 9.82. The smallest absolute Gasteiger partial charge is 0.0195 e. The van der Waals surface area contributed by atoms with Crippen LogP contribution in [0.3, 0.4) is 0 Å². The third-order valence-corrected chi connectivity index (χ3v) is 5.04. The standard InChI is InChI=1S/C14H28N2S/c1-12(2)8-16(9-13-5-7-17-11-13)10-14-4-3-6-15-14/h12-15H,3-11H2,1-2H3. The van der Waals surface area contributed by atoms with Crippen molar-refractivity contribution in [2.24, 2.45) is 11.8 Å². The Morgan fingerprint density at radius 1 is 1.29 bits per heavy atom. The molecule has 0 radical (unpaired) electrons. The molecule has 2 saturated heterocycles. The lowest BCUT2D eigenvalue weighted by Gasteiger charge is -2.29. The summed E-state index contributed by atoms with van der Waals surface area (Å²) in [5.74, 6) is 4.54. The first-order valence-electron chi connectivity index (χ1n) is 7.27. The molecule has 2 aliphatic rings. The summed E-state index contributed by atoms with van der Waals surface area (Å²) in [7, 11) is 0. The molecule has 1 N–H and O–H groups in total. The van der Waals surface area contributed by atoms with Gasteiger partial charge in [-0.25, -0.2) is 0 Å². The maximum absolute atomic E-state index is 3.64. The van der Waals surface area contributed by atoms with Crippen LogP contribution in [-0.2, 0) is 0 Å². The Kier molecular flexibility index (Phi) is 5.64. The molecule has 100 valence electrons. The molecule has 17 heavy (non-hydrogen) atoms. The van der Waals surface area contributed by atoms with Gasteiger partial charge in [0.1, 0.15) is 0 Å². The quantitative estimate of drug-likeness (QED) is 0.786. The molecule has 0 saturated carbocycles. The van der Waals surface area contributed by atoms with E-state index in [1.165, 1.54) is 56.9 Å². The summed E-state index contributed by atoms with van der Waals surface area (Å²) in [6, 6.07) is 0.766. The van der Waals surface area contributed by atoms with Crippen LogP contribution in [0.15, 0.2) is 0 Å². The Balaban J connectivity index is 1.78. The van der Waals surface area contributed by atoms with Gasteiger partial charge in [-0.3, -0.25) is 0 Å². The minimum absolute atomic E-state index is 0.766. The van der Waals surface area contributed by atoms with Crippen molar-refractivity contribution in [2.45, 2.75) is 39.2 Å². The summed E-state index contributed by atoms with van der Waals surface area (Å²) in [6.07, 6.45) is 4.20. The lowest BCUT2D eigenvalue weighted by molar-refractivity contribution is 0.199. The van der Waals surface area contributed by atoms with Crippen LogP contribution < -0.4 is 5.32 Å². The molecule has 3 heteroatoms. The van der Waals surface area contributed by atoms with Gasteiger partial charge in [-0.15, -0.1) is 0 Å². The van der Waals surface area contributed by atoms with E-state index in [1.807, 2.05) is 0 Å². The zero-order valence-electron chi connectivity index (χ0n) is 11.5. The summed E-state index contributed by atoms with van der Waals surface area (Å²) >= 11 is 2.14. The zero-order valence-corrected chi connectivity index (χ0v) is 12.3. The number of thioether (sulfide) groups is 1. The third-order valence-electron chi connectivity index (χ3n) is 3.80. The van der Waals surface area contributed by atoms with E-state index in [0.29, 0.717) is 0 Å². The molecule has 0 aromatic carbocycles. The van der Waals surface area contributed by atoms with Gasteiger partial charge in [-0.05, 0) is 49.1 Å². The van der Waals surface area contributed by atoms with Crippen LogP contribution in [0.5, 0.6) is 0 Å². The van der Waals surface area contributed by atoms with Gasteiger partial charge in [0.15, 0.2) is 0 Å². The summed E-state index contributed by atoms with van der Waals surface area (Å²) in [5, 5.41) is 3.64. The molecular formula is C14H28N2S. The number of nitrogens with one attached hydrogen (secondary N) is 1. The van der Waals surface area contributed by atoms with Crippen molar-refractivity contribution in [1.29, 1.82) is 0 Å². The van der Waals surface area contributed by atoms with E-state index >= 15 is 0 Å². The van der Waals surface area contributed by atoms with Crippen molar-refractivity contribution in [3.63, 3.8) is 0 Å². The zero-order chi connectivity index (χ0) is 12.1. The topological polar surface area (TPSA) is 15.3 Å². The van der Waals surface area contributed by atoms with Crippen molar-refractivity contribution in [1.82, 2.24) is 10.2 Å². The molecule has 0 aliphatic carbocycles. The second-order valence-electron chi connectivity index (χ2n) is 6.14. The fraction of sp³-hybridized carbons (Fsp3) is 1.00. The molecule has 0 bridgehead atoms. The first-order chi connectivity index (χ1) is 8.24. The first kappa shape index (κ1) is 13.7. The summed E-state index contributed by atoms with van der Waals surface area (Å²) in [5.41, 5.74) is 0. The maximum Gasteiger partial charge on any atom is 0.0195 e. The molecule has 0 amide bonds. The SMILES string of the molecule is CC(C)CN(CC1CCSC1)CC1CCCN1. The predicted molar refractivity (Wildman–Crippen MR) is 77.7 cm³/mol. The van der Waals surface area contributed by atoms with E-state index in [4.69, 9.17) is 0 Å². The highest BCUT2D eigenvalue weighted by atomic mass is 32.2. The third kappa shape index (κ3) is 4.80. The van der Waals surface area contributed by atoms with E-state index in [-0.39, 0.29) is 0 Å². The Hall–Kier alpha value is 0.270. The van der Waals surface area contributed by atoms with Crippen LogP contribution in [0.25, 0.3) is 0 Å². The molecule has 2 nitrogen and oxygen atoms in total. The van der Waals surface area contributed by atoms with Gasteiger partial charge in [0.05, 0.1) is 0 Å². The molecule has 2 heterocycles. The van der Waals surface area contributed by atoms with Gasteiger partial charge >= 0.3 is 0 Å². The second-order valence-corrected chi connectivity index (χ2v) is 7.29. The van der Waals surface area contributed by atoms with E-state index in [9.17, 15) is 0 Å². The number of nitrogens with zero attached hydrogens (tertiary/aromatic N) is 1. The summed E-state index contributed by atoms with van der Waals surface area (Å²) in [4.78, 5) is 2.73. The van der Waals surface area contributed by atoms with Crippen LogP contribution >= 0.6 is 11.8 Å². The lowest BCUT2D eigenvalue weighted by Crippen LogP contribution is -2.41. The van der Waals surface area contributed by atoms with Crippen molar-refractivity contribution < 1.29 is 0 Å². The molecule has 2 atom stereocenters. The van der Waals surface area contributed by atoms with E-state index in [2.05, 4.69) is 35.8 Å². The Morgan fingerprint density at radius 2 is 2.18 bits per heavy atom. The molecule has 2 rings (SSSR count). The second kappa shape index (κ2) is 7.01. The molecular weight excluding hydrogens is 228 g/mol. The lowest BCUT2D eigenvalue weighted by atomic mass is 10.1. The Labute approximate surface area is 111 Å². The van der Waals surface area contributed by atoms with Crippen molar-refractivity contribution in [3.8, 4) is 0 Å². The van der Waals surface area contributed by atoms with Gasteiger partial charge in [0, 0.05) is 25.7 Å². The largest absolute Gasteiger partial charge is 0.313 e. The van der Waals surface area contributed by atoms with Crippen LogP contribution in [0.2, 0.25) is 0 Å². The fourth-order valence-corrected chi connectivity index (χ4v) is 4.33. The van der Waals surface area contributed by atoms with Gasteiger partial charge in [-0.2, -0.15) is 11.8 Å². The van der Waals surface area contributed by atoms with Gasteiger partial charge < -0.3 is 10.2 Å². The Bertz CT molecular complexity index is 190. The van der Waals surface area contributed by atoms with E-state index in [1.54, 1.807) is 0 Å². The molecule has 0 aromatic rings. The molecule has 0 aromatic heterocycles. The number of hydrogen-bond donors (Lipinski definition) is 1. The molecule has 2 unspecified atom stereocenters. The van der Waals surface area contributed by atoms with Crippen molar-refractivity contribution in [2.75, 3.05) is 37.7 Å².